The molecule has 98 valence electrons. The van der Waals surface area contributed by atoms with Crippen molar-refractivity contribution >= 4 is 5.78 Å². The summed E-state index contributed by atoms with van der Waals surface area (Å²) in [6.45, 7) is 1.19. The van der Waals surface area contributed by atoms with Gasteiger partial charge in [0.2, 0.25) is 0 Å². The second-order valence-corrected chi connectivity index (χ2v) is 4.72. The molecule has 0 heterocycles. The minimum absolute atomic E-state index is 0.129. The summed E-state index contributed by atoms with van der Waals surface area (Å²) in [5.41, 5.74) is 3.97. The molecule has 0 fully saturated rings. The number of benzene rings is 1. The molecule has 1 aliphatic rings. The molecule has 0 bridgehead atoms. The second kappa shape index (κ2) is 6.66. The van der Waals surface area contributed by atoms with E-state index in [9.17, 15) is 4.79 Å². The lowest BCUT2D eigenvalue weighted by Gasteiger charge is -2.05. The Morgan fingerprint density at radius 3 is 2.89 bits per heavy atom. The van der Waals surface area contributed by atoms with Crippen LogP contribution >= 0.6 is 0 Å². The summed E-state index contributed by atoms with van der Waals surface area (Å²) < 4.78 is 10.1. The molecule has 0 saturated heterocycles. The topological polar surface area (TPSA) is 35.5 Å². The minimum Gasteiger partial charge on any atom is -0.382 e. The van der Waals surface area contributed by atoms with Gasteiger partial charge in [0.1, 0.15) is 6.61 Å². The van der Waals surface area contributed by atoms with Crippen LogP contribution in [0.1, 0.15) is 23.1 Å². The van der Waals surface area contributed by atoms with Crippen LogP contribution in [0.5, 0.6) is 0 Å². The van der Waals surface area contributed by atoms with E-state index in [2.05, 4.69) is 18.2 Å². The van der Waals surface area contributed by atoms with Crippen LogP contribution in [0.3, 0.4) is 0 Å². The quantitative estimate of drug-likeness (QED) is 0.692. The van der Waals surface area contributed by atoms with E-state index in [1.165, 1.54) is 24.0 Å². The molecule has 0 atom stereocenters. The summed E-state index contributed by atoms with van der Waals surface area (Å²) in [6, 6.07) is 6.41. The molecule has 3 heteroatoms. The van der Waals surface area contributed by atoms with Gasteiger partial charge < -0.3 is 9.47 Å². The molecule has 0 spiro atoms. The van der Waals surface area contributed by atoms with Crippen molar-refractivity contribution in [1.29, 1.82) is 0 Å². The summed E-state index contributed by atoms with van der Waals surface area (Å²) in [4.78, 5) is 11.7. The van der Waals surface area contributed by atoms with Crippen molar-refractivity contribution in [3.05, 3.63) is 34.9 Å². The minimum atomic E-state index is 0.129. The maximum absolute atomic E-state index is 11.7. The maximum atomic E-state index is 11.7. The summed E-state index contributed by atoms with van der Waals surface area (Å²) in [5.74, 6) is 0.129. The highest BCUT2D eigenvalue weighted by Gasteiger charge is 2.12. The summed E-state index contributed by atoms with van der Waals surface area (Å²) in [7, 11) is 1.62. The number of aryl methyl sites for hydroxylation is 2. The Morgan fingerprint density at radius 1 is 1.22 bits per heavy atom. The van der Waals surface area contributed by atoms with Gasteiger partial charge in [0, 0.05) is 13.5 Å². The molecule has 18 heavy (non-hydrogen) atoms. The summed E-state index contributed by atoms with van der Waals surface area (Å²) >= 11 is 0. The summed E-state index contributed by atoms with van der Waals surface area (Å²) in [5, 5.41) is 0. The van der Waals surface area contributed by atoms with E-state index in [-0.39, 0.29) is 12.4 Å². The zero-order valence-electron chi connectivity index (χ0n) is 10.9. The van der Waals surface area contributed by atoms with Crippen LogP contribution in [0, 0.1) is 0 Å². The Balaban J connectivity index is 1.80. The number of rotatable bonds is 7. The van der Waals surface area contributed by atoms with Crippen LogP contribution in [0.4, 0.5) is 0 Å². The Morgan fingerprint density at radius 2 is 2.06 bits per heavy atom. The molecule has 0 aromatic heterocycles. The Labute approximate surface area is 108 Å². The van der Waals surface area contributed by atoms with Gasteiger partial charge in [0.15, 0.2) is 5.78 Å². The highest BCUT2D eigenvalue weighted by Crippen LogP contribution is 2.22. The fourth-order valence-corrected chi connectivity index (χ4v) is 2.34. The van der Waals surface area contributed by atoms with Crippen molar-refractivity contribution in [3.63, 3.8) is 0 Å². The molecule has 1 aliphatic carbocycles. The predicted octanol–water partition coefficient (Wildman–Crippen LogP) is 1.95. The van der Waals surface area contributed by atoms with E-state index in [1.807, 2.05) is 0 Å². The number of hydrogen-bond donors (Lipinski definition) is 0. The van der Waals surface area contributed by atoms with Gasteiger partial charge in [-0.3, -0.25) is 4.79 Å². The average molecular weight is 248 g/mol. The van der Waals surface area contributed by atoms with Gasteiger partial charge in [0.05, 0.1) is 13.2 Å². The molecule has 0 amide bonds. The number of methoxy groups -OCH3 is 1. The number of ether oxygens (including phenoxy) is 2. The molecule has 3 nitrogen and oxygen atoms in total. The van der Waals surface area contributed by atoms with E-state index in [0.29, 0.717) is 19.6 Å². The standard InChI is InChI=1S/C15H20O3/c1-17-7-8-18-11-15(16)10-12-5-6-13-3-2-4-14(13)9-12/h5-6,9H,2-4,7-8,10-11H2,1H3. The third kappa shape index (κ3) is 3.65. The number of carbonyl (C=O) groups excluding carboxylic acids is 1. The molecule has 1 aromatic carbocycles. The van der Waals surface area contributed by atoms with Crippen LogP contribution in [0.25, 0.3) is 0 Å². The lowest BCUT2D eigenvalue weighted by Crippen LogP contribution is -2.14. The molecule has 0 saturated carbocycles. The van der Waals surface area contributed by atoms with Gasteiger partial charge in [-0.1, -0.05) is 18.2 Å². The molecule has 0 radical (unpaired) electrons. The van der Waals surface area contributed by atoms with E-state index in [4.69, 9.17) is 9.47 Å². The fourth-order valence-electron chi connectivity index (χ4n) is 2.34. The predicted molar refractivity (Wildman–Crippen MR) is 69.9 cm³/mol. The Kier molecular flexibility index (Phi) is 4.90. The molecule has 0 N–H and O–H groups in total. The van der Waals surface area contributed by atoms with E-state index < -0.39 is 0 Å². The lowest BCUT2D eigenvalue weighted by molar-refractivity contribution is -0.123. The van der Waals surface area contributed by atoms with Crippen molar-refractivity contribution < 1.29 is 14.3 Å². The van der Waals surface area contributed by atoms with Crippen molar-refractivity contribution in [2.75, 3.05) is 26.9 Å². The van der Waals surface area contributed by atoms with E-state index in [1.54, 1.807) is 7.11 Å². The monoisotopic (exact) mass is 248 g/mol. The molecular formula is C15H20O3. The van der Waals surface area contributed by atoms with E-state index in [0.717, 1.165) is 12.0 Å². The van der Waals surface area contributed by atoms with Crippen LogP contribution in [-0.2, 0) is 33.5 Å². The zero-order valence-corrected chi connectivity index (χ0v) is 10.9. The first-order chi connectivity index (χ1) is 8.79. The van der Waals surface area contributed by atoms with Crippen molar-refractivity contribution in [2.45, 2.75) is 25.7 Å². The van der Waals surface area contributed by atoms with Gasteiger partial charge in [-0.25, -0.2) is 0 Å². The molecular weight excluding hydrogens is 228 g/mol. The lowest BCUT2D eigenvalue weighted by atomic mass is 10.0. The number of hydrogen-bond acceptors (Lipinski definition) is 3. The van der Waals surface area contributed by atoms with Gasteiger partial charge in [-0.2, -0.15) is 0 Å². The van der Waals surface area contributed by atoms with Gasteiger partial charge in [0.25, 0.3) is 0 Å². The van der Waals surface area contributed by atoms with Gasteiger partial charge >= 0.3 is 0 Å². The van der Waals surface area contributed by atoms with E-state index >= 15 is 0 Å². The molecule has 0 unspecified atom stereocenters. The van der Waals surface area contributed by atoms with Crippen LogP contribution in [0.2, 0.25) is 0 Å². The smallest absolute Gasteiger partial charge is 0.162 e. The second-order valence-electron chi connectivity index (χ2n) is 4.72. The van der Waals surface area contributed by atoms with Crippen LogP contribution in [-0.4, -0.2) is 32.7 Å². The van der Waals surface area contributed by atoms with Gasteiger partial charge in [-0.05, 0) is 36.0 Å². The first kappa shape index (κ1) is 13.2. The van der Waals surface area contributed by atoms with Gasteiger partial charge in [-0.15, -0.1) is 0 Å². The highest BCUT2D eigenvalue weighted by molar-refractivity contribution is 5.82. The highest BCUT2D eigenvalue weighted by atomic mass is 16.5. The van der Waals surface area contributed by atoms with Crippen LogP contribution < -0.4 is 0 Å². The van der Waals surface area contributed by atoms with Crippen molar-refractivity contribution in [3.8, 4) is 0 Å². The zero-order chi connectivity index (χ0) is 12.8. The SMILES string of the molecule is COCCOCC(=O)Cc1ccc2c(c1)CCC2. The summed E-state index contributed by atoms with van der Waals surface area (Å²) in [6.07, 6.45) is 4.05. The number of carbonyl (C=O) groups is 1. The number of ketones is 1. The molecule has 2 rings (SSSR count). The normalized spacial score (nSPS) is 13.6. The van der Waals surface area contributed by atoms with Crippen LogP contribution in [0.15, 0.2) is 18.2 Å². The molecule has 0 aliphatic heterocycles. The average Bonchev–Trinajstić information content (AvgIpc) is 2.82. The molecule has 1 aromatic rings. The Bertz CT molecular complexity index is 412. The van der Waals surface area contributed by atoms with Crippen molar-refractivity contribution in [1.82, 2.24) is 0 Å². The maximum Gasteiger partial charge on any atom is 0.162 e. The first-order valence-corrected chi connectivity index (χ1v) is 6.48. The largest absolute Gasteiger partial charge is 0.382 e. The fraction of sp³-hybridized carbons (Fsp3) is 0.533. The third-order valence-corrected chi connectivity index (χ3v) is 3.26. The third-order valence-electron chi connectivity index (χ3n) is 3.26. The Hall–Kier alpha value is -1.19. The first-order valence-electron chi connectivity index (χ1n) is 6.48. The van der Waals surface area contributed by atoms with Crippen molar-refractivity contribution in [2.24, 2.45) is 0 Å². The number of fused-ring (bicyclic) bond motifs is 1. The number of Topliss-reactive ketones (excluding diaryl/α,β-unsaturated/α-hetero) is 1.